The third-order valence-corrected chi connectivity index (χ3v) is 19.4. The number of piperazine rings is 2. The number of aryl methyl sites for hydroxylation is 1. The number of hydrogen-bond acceptors (Lipinski definition) is 14. The van der Waals surface area contributed by atoms with E-state index in [4.69, 9.17) is 32.9 Å². The van der Waals surface area contributed by atoms with Gasteiger partial charge in [0.1, 0.15) is 11.5 Å². The lowest BCUT2D eigenvalue weighted by Gasteiger charge is -2.54. The fourth-order valence-corrected chi connectivity index (χ4v) is 14.8. The van der Waals surface area contributed by atoms with Crippen LogP contribution in [0.3, 0.4) is 0 Å². The molecule has 23 heteroatoms. The smallest absolute Gasteiger partial charge is 0.304 e. The van der Waals surface area contributed by atoms with Crippen LogP contribution in [0, 0.1) is 17.8 Å². The summed E-state index contributed by atoms with van der Waals surface area (Å²) in [7, 11) is -4.08. The SMILES string of the molecule is CC(=O)c1c(C)c2cnc(Nc3ccc(N4CCN(C(=O)CCOCCC(=O)N5CCN(S(=O)(=O)C[C@@H](N6C(=O)[C@@](C)(CC(=O)O)C[C@H](c7cccc(Cl)c7)[C@H]6c6ccc(Cl)cc6)C(C)(C)C)CC5)CC4)cn3)nc2n(C2CCCC2)c1=O. The molecule has 444 valence electrons. The number of halogens is 2. The van der Waals surface area contributed by atoms with Crippen molar-refractivity contribution in [3.63, 3.8) is 0 Å². The van der Waals surface area contributed by atoms with Crippen molar-refractivity contribution in [2.45, 2.75) is 117 Å². The Balaban J connectivity index is 0.743. The van der Waals surface area contributed by atoms with E-state index in [9.17, 15) is 37.5 Å². The summed E-state index contributed by atoms with van der Waals surface area (Å²) < 4.78 is 38.1. The Kier molecular flexibility index (Phi) is 18.7. The number of carboxylic acids is 1. The zero-order valence-corrected chi connectivity index (χ0v) is 50.3. The number of carbonyl (C=O) groups is 5. The quantitative estimate of drug-likeness (QED) is 0.0583. The molecule has 9 rings (SSSR count). The predicted octanol–water partition coefficient (Wildman–Crippen LogP) is 8.44. The number of rotatable bonds is 19. The van der Waals surface area contributed by atoms with Crippen molar-refractivity contribution in [3.05, 3.63) is 116 Å². The first-order chi connectivity index (χ1) is 39.4. The number of benzene rings is 2. The third kappa shape index (κ3) is 13.7. The van der Waals surface area contributed by atoms with Crippen molar-refractivity contribution in [1.29, 1.82) is 0 Å². The van der Waals surface area contributed by atoms with E-state index in [2.05, 4.69) is 20.2 Å². The van der Waals surface area contributed by atoms with E-state index in [1.807, 2.05) is 57.2 Å². The number of pyridine rings is 2. The minimum absolute atomic E-state index is 0.0375. The minimum atomic E-state index is -4.08. The van der Waals surface area contributed by atoms with E-state index in [1.165, 1.54) is 11.2 Å². The number of fused-ring (bicyclic) bond motifs is 1. The lowest BCUT2D eigenvalue weighted by atomic mass is 9.66. The van der Waals surface area contributed by atoms with Crippen LogP contribution >= 0.6 is 23.2 Å². The van der Waals surface area contributed by atoms with Gasteiger partial charge in [-0.3, -0.25) is 33.3 Å². The summed E-state index contributed by atoms with van der Waals surface area (Å²) in [6.45, 7) is 13.3. The standard InChI is InChI=1S/C60H74Cl2N10O10S/c1-38-47-36-64-58(66-55(47)71(44-12-7-8-13-44)56(78)53(38)39(2)73)65-49-19-18-45(35-63-49)67-22-24-68(25-23-67)50(74)20-30-82-31-21-51(75)69-26-28-70(29-27-69)83(80,81)37-48(59(3,4)5)72-54(40-14-16-42(61)17-15-40)46(41-10-9-11-43(62)32-41)33-60(6,57(72)79)34-52(76)77/h9-11,14-19,32,35-36,44,46,48,54H,7-8,12-13,20-31,33-34,37H2,1-6H3,(H,76,77)(H,63,64,65,66)/t46-,48-,54-,60-/m1/s1. The Morgan fingerprint density at radius 3 is 2.05 bits per heavy atom. The highest BCUT2D eigenvalue weighted by Gasteiger charge is 2.55. The first-order valence-corrected chi connectivity index (χ1v) is 30.9. The average Bonchev–Trinajstić information content (AvgIpc) is 1.88. The first-order valence-electron chi connectivity index (χ1n) is 28.5. The summed E-state index contributed by atoms with van der Waals surface area (Å²) in [6, 6.07) is 16.4. The molecule has 0 radical (unpaired) electrons. The number of piperidine rings is 1. The van der Waals surface area contributed by atoms with Crippen LogP contribution in [0.1, 0.15) is 131 Å². The second-order valence-electron chi connectivity index (χ2n) is 23.8. The number of hydrogen-bond donors (Lipinski definition) is 2. The van der Waals surface area contributed by atoms with E-state index in [0.29, 0.717) is 58.6 Å². The second kappa shape index (κ2) is 25.4. The Labute approximate surface area is 494 Å². The van der Waals surface area contributed by atoms with Gasteiger partial charge < -0.3 is 34.8 Å². The molecule has 0 bridgehead atoms. The number of ether oxygens (including phenoxy) is 1. The molecule has 0 spiro atoms. The molecule has 83 heavy (non-hydrogen) atoms. The Morgan fingerprint density at radius 2 is 1.47 bits per heavy atom. The fourth-order valence-electron chi connectivity index (χ4n) is 12.5. The highest BCUT2D eigenvalue weighted by molar-refractivity contribution is 7.89. The van der Waals surface area contributed by atoms with Gasteiger partial charge in [0.05, 0.1) is 73.2 Å². The zero-order valence-electron chi connectivity index (χ0n) is 48.0. The van der Waals surface area contributed by atoms with Crippen LogP contribution in [0.5, 0.6) is 0 Å². The van der Waals surface area contributed by atoms with Crippen LogP contribution in [0.2, 0.25) is 10.0 Å². The van der Waals surface area contributed by atoms with Crippen LogP contribution in [0.15, 0.2) is 77.9 Å². The highest BCUT2D eigenvalue weighted by atomic mass is 35.5. The van der Waals surface area contributed by atoms with Gasteiger partial charge in [0.2, 0.25) is 33.7 Å². The van der Waals surface area contributed by atoms with Crippen molar-refractivity contribution in [2.75, 3.05) is 81.5 Å². The summed E-state index contributed by atoms with van der Waals surface area (Å²) in [6.07, 6.45) is 7.01. The molecule has 3 aliphatic heterocycles. The van der Waals surface area contributed by atoms with E-state index < -0.39 is 62.9 Å². The first kappa shape index (κ1) is 61.1. The number of likely N-dealkylation sites (tertiary alicyclic amines) is 1. The third-order valence-electron chi connectivity index (χ3n) is 17.0. The van der Waals surface area contributed by atoms with Gasteiger partial charge in [-0.1, -0.05) is 88.0 Å². The molecule has 2 aromatic carbocycles. The molecule has 4 aliphatic rings. The molecule has 4 fully saturated rings. The molecule has 6 heterocycles. The van der Waals surface area contributed by atoms with Crippen molar-refractivity contribution in [3.8, 4) is 0 Å². The van der Waals surface area contributed by atoms with Gasteiger partial charge in [-0.25, -0.2) is 18.4 Å². The van der Waals surface area contributed by atoms with Crippen LogP contribution in [-0.2, 0) is 33.9 Å². The fraction of sp³-hybridized carbons (Fsp3) is 0.517. The number of nitrogens with zero attached hydrogens (tertiary/aromatic N) is 9. The second-order valence-corrected chi connectivity index (χ2v) is 26.6. The summed E-state index contributed by atoms with van der Waals surface area (Å²) in [4.78, 5) is 101. The maximum Gasteiger partial charge on any atom is 0.304 e. The molecule has 2 N–H and O–H groups in total. The highest BCUT2D eigenvalue weighted by Crippen LogP contribution is 2.53. The normalized spacial score (nSPS) is 20.7. The summed E-state index contributed by atoms with van der Waals surface area (Å²) in [5.74, 6) is -2.23. The van der Waals surface area contributed by atoms with Crippen LogP contribution in [0.25, 0.3) is 11.0 Å². The van der Waals surface area contributed by atoms with Gasteiger partial charge in [0.15, 0.2) is 5.78 Å². The monoisotopic (exact) mass is 1200 g/mol. The molecule has 0 unspecified atom stereocenters. The molecule has 3 amide bonds. The number of aromatic nitrogens is 4. The van der Waals surface area contributed by atoms with Crippen LogP contribution in [0.4, 0.5) is 17.5 Å². The van der Waals surface area contributed by atoms with Crippen molar-refractivity contribution < 1.29 is 42.2 Å². The predicted molar refractivity (Wildman–Crippen MR) is 318 cm³/mol. The van der Waals surface area contributed by atoms with Gasteiger partial charge in [-0.15, -0.1) is 0 Å². The molecular weight excluding hydrogens is 1120 g/mol. The lowest BCUT2D eigenvalue weighted by Crippen LogP contribution is -2.61. The number of aliphatic carboxylic acids is 1. The maximum atomic E-state index is 15.1. The number of Topliss-reactive ketones (excluding diaryl/α,β-unsaturated/α-hetero) is 1. The lowest BCUT2D eigenvalue weighted by molar-refractivity contribution is -0.162. The zero-order chi connectivity index (χ0) is 59.5. The number of nitrogens with one attached hydrogen (secondary N) is 1. The van der Waals surface area contributed by atoms with Crippen LogP contribution in [-0.4, -0.2) is 159 Å². The average molecular weight is 1200 g/mol. The summed E-state index contributed by atoms with van der Waals surface area (Å²) in [5, 5.41) is 14.9. The molecular formula is C60H74Cl2N10O10S. The van der Waals surface area contributed by atoms with Gasteiger partial charge >= 0.3 is 5.97 Å². The molecule has 1 saturated carbocycles. The largest absolute Gasteiger partial charge is 0.481 e. The molecule has 3 saturated heterocycles. The Bertz CT molecular complexity index is 3410. The van der Waals surface area contributed by atoms with Gasteiger partial charge in [-0.2, -0.15) is 9.29 Å². The van der Waals surface area contributed by atoms with Crippen molar-refractivity contribution >= 4 is 91.2 Å². The molecule has 1 aliphatic carbocycles. The van der Waals surface area contributed by atoms with Gasteiger partial charge in [0.25, 0.3) is 5.56 Å². The minimum Gasteiger partial charge on any atom is -0.481 e. The number of carbonyl (C=O) groups excluding carboxylic acids is 4. The summed E-state index contributed by atoms with van der Waals surface area (Å²) in [5.41, 5.74) is 1.12. The molecule has 3 aromatic heterocycles. The van der Waals surface area contributed by atoms with E-state index in [0.717, 1.165) is 42.5 Å². The van der Waals surface area contributed by atoms with Gasteiger partial charge in [-0.05, 0) is 91.6 Å². The Morgan fingerprint density at radius 1 is 0.831 bits per heavy atom. The number of amides is 3. The molecule has 5 aromatic rings. The van der Waals surface area contributed by atoms with Gasteiger partial charge in [0, 0.05) is 85.9 Å². The number of anilines is 3. The topological polar surface area (TPSA) is 238 Å². The number of carboxylic acid groups (broad SMARTS) is 1. The number of ketones is 1. The molecule has 20 nitrogen and oxygen atoms in total. The maximum absolute atomic E-state index is 15.1. The van der Waals surface area contributed by atoms with E-state index in [-0.39, 0.29) is 99.4 Å². The Hall–Kier alpha value is -6.52. The van der Waals surface area contributed by atoms with Crippen molar-refractivity contribution in [2.24, 2.45) is 10.8 Å². The molecule has 4 atom stereocenters. The van der Waals surface area contributed by atoms with E-state index >= 15 is 4.79 Å². The van der Waals surface area contributed by atoms with E-state index in [1.54, 1.807) is 69.8 Å². The number of sulfonamides is 1. The summed E-state index contributed by atoms with van der Waals surface area (Å²) >= 11 is 12.9. The van der Waals surface area contributed by atoms with Crippen LogP contribution < -0.4 is 15.8 Å². The van der Waals surface area contributed by atoms with Crippen molar-refractivity contribution in [1.82, 2.24) is 38.5 Å².